The molecule has 2 aromatic heterocycles. The zero-order valence-corrected chi connectivity index (χ0v) is 13.6. The first kappa shape index (κ1) is 15.0. The highest BCUT2D eigenvalue weighted by Gasteiger charge is 2.35. The van der Waals surface area contributed by atoms with Crippen LogP contribution in [-0.2, 0) is 5.41 Å². The Hall–Kier alpha value is -2.53. The van der Waals surface area contributed by atoms with Crippen molar-refractivity contribution in [2.45, 2.75) is 18.3 Å². The first-order valence-electron chi connectivity index (χ1n) is 8.38. The summed E-state index contributed by atoms with van der Waals surface area (Å²) in [5, 5.41) is 10.7. The normalized spacial score (nSPS) is 17.3. The molecule has 0 bridgehead atoms. The van der Waals surface area contributed by atoms with Gasteiger partial charge in [-0.2, -0.15) is 0 Å². The van der Waals surface area contributed by atoms with E-state index in [0.717, 1.165) is 31.6 Å². The van der Waals surface area contributed by atoms with Crippen molar-refractivity contribution in [3.05, 3.63) is 54.4 Å². The predicted octanol–water partition coefficient (Wildman–Crippen LogP) is 2.77. The smallest absolute Gasteiger partial charge is 0.139 e. The highest BCUT2D eigenvalue weighted by molar-refractivity contribution is 5.89. The molecular formula is C19H22N4O. The zero-order chi connectivity index (χ0) is 16.6. The van der Waals surface area contributed by atoms with E-state index in [1.54, 1.807) is 12.1 Å². The molecule has 0 radical (unpaired) electrons. The Kier molecular flexibility index (Phi) is 3.65. The summed E-state index contributed by atoms with van der Waals surface area (Å²) in [5.41, 5.74) is 9.56. The largest absolute Gasteiger partial charge is 0.508 e. The lowest BCUT2D eigenvalue weighted by Gasteiger charge is -2.42. The summed E-state index contributed by atoms with van der Waals surface area (Å²) in [6.07, 6.45) is 5.80. The van der Waals surface area contributed by atoms with E-state index in [9.17, 15) is 5.11 Å². The molecule has 5 heteroatoms. The number of aromatic hydroxyl groups is 1. The number of nitrogens with two attached hydrogens (primary N) is 1. The van der Waals surface area contributed by atoms with E-state index in [-0.39, 0.29) is 5.41 Å². The number of hydrogen-bond acceptors (Lipinski definition) is 4. The Morgan fingerprint density at radius 1 is 1.12 bits per heavy atom. The molecule has 0 aliphatic carbocycles. The van der Waals surface area contributed by atoms with Crippen LogP contribution in [-0.4, -0.2) is 34.7 Å². The van der Waals surface area contributed by atoms with E-state index in [0.29, 0.717) is 12.3 Å². The third kappa shape index (κ3) is 2.41. The molecule has 124 valence electrons. The molecule has 1 aliphatic rings. The van der Waals surface area contributed by atoms with Gasteiger partial charge in [0.1, 0.15) is 11.4 Å². The second-order valence-corrected chi connectivity index (χ2v) is 6.59. The number of phenols is 1. The summed E-state index contributed by atoms with van der Waals surface area (Å²) in [5.74, 6) is 0.301. The number of aromatic nitrogens is 2. The monoisotopic (exact) mass is 322 g/mol. The highest BCUT2D eigenvalue weighted by atomic mass is 16.3. The molecule has 0 saturated carbocycles. The fourth-order valence-corrected chi connectivity index (χ4v) is 3.82. The zero-order valence-electron chi connectivity index (χ0n) is 13.6. The number of nitrogens with zero attached hydrogens (tertiary/aromatic N) is 2. The van der Waals surface area contributed by atoms with Crippen molar-refractivity contribution >= 4 is 16.7 Å². The topological polar surface area (TPSA) is 78.2 Å². The van der Waals surface area contributed by atoms with Gasteiger partial charge in [-0.1, -0.05) is 12.1 Å². The first-order valence-corrected chi connectivity index (χ1v) is 8.38. The van der Waals surface area contributed by atoms with Crippen LogP contribution in [0.2, 0.25) is 0 Å². The lowest BCUT2D eigenvalue weighted by molar-refractivity contribution is 0.340. The second kappa shape index (κ2) is 5.83. The molecule has 0 spiro atoms. The van der Waals surface area contributed by atoms with E-state index in [4.69, 9.17) is 5.73 Å². The van der Waals surface area contributed by atoms with Gasteiger partial charge in [-0.3, -0.25) is 0 Å². The number of rotatable bonds is 3. The maximum absolute atomic E-state index is 9.53. The standard InChI is InChI=1S/C19H22N4O/c20-13-19(14-1-3-15(24)4-2-14)7-11-23(12-8-19)17-6-10-22-18-16(17)5-9-21-18/h1-6,9-10,24H,7-8,11-13,20H2,(H,21,22). The fourth-order valence-electron chi connectivity index (χ4n) is 3.82. The van der Waals surface area contributed by atoms with Crippen molar-refractivity contribution in [1.29, 1.82) is 0 Å². The van der Waals surface area contributed by atoms with Crippen LogP contribution in [0.15, 0.2) is 48.8 Å². The van der Waals surface area contributed by atoms with Crippen LogP contribution in [0.25, 0.3) is 11.0 Å². The van der Waals surface area contributed by atoms with Crippen LogP contribution in [0.5, 0.6) is 5.75 Å². The third-order valence-electron chi connectivity index (χ3n) is 5.37. The average Bonchev–Trinajstić information content (AvgIpc) is 3.11. The van der Waals surface area contributed by atoms with Crippen LogP contribution in [0.1, 0.15) is 18.4 Å². The molecule has 24 heavy (non-hydrogen) atoms. The number of fused-ring (bicyclic) bond motifs is 1. The Labute approximate surface area is 141 Å². The number of hydrogen-bond donors (Lipinski definition) is 3. The molecule has 5 nitrogen and oxygen atoms in total. The van der Waals surface area contributed by atoms with Gasteiger partial charge in [0.15, 0.2) is 0 Å². The van der Waals surface area contributed by atoms with Gasteiger partial charge in [0.05, 0.1) is 0 Å². The minimum absolute atomic E-state index is 0.00546. The number of benzene rings is 1. The van der Waals surface area contributed by atoms with Crippen molar-refractivity contribution in [2.75, 3.05) is 24.5 Å². The van der Waals surface area contributed by atoms with E-state index < -0.39 is 0 Å². The number of anilines is 1. The van der Waals surface area contributed by atoms with Crippen molar-refractivity contribution in [1.82, 2.24) is 9.97 Å². The lowest BCUT2D eigenvalue weighted by Crippen LogP contribution is -2.46. The molecule has 3 aromatic rings. The summed E-state index contributed by atoms with van der Waals surface area (Å²) in [4.78, 5) is 9.97. The molecule has 1 fully saturated rings. The van der Waals surface area contributed by atoms with Crippen molar-refractivity contribution in [3.8, 4) is 5.75 Å². The summed E-state index contributed by atoms with van der Waals surface area (Å²) in [7, 11) is 0. The summed E-state index contributed by atoms with van der Waals surface area (Å²) >= 11 is 0. The molecule has 1 aliphatic heterocycles. The minimum Gasteiger partial charge on any atom is -0.508 e. The average molecular weight is 322 g/mol. The molecule has 3 heterocycles. The van der Waals surface area contributed by atoms with E-state index >= 15 is 0 Å². The Bertz CT molecular complexity index is 832. The van der Waals surface area contributed by atoms with Gasteiger partial charge in [0, 0.05) is 48.5 Å². The van der Waals surface area contributed by atoms with E-state index in [1.807, 2.05) is 24.5 Å². The van der Waals surface area contributed by atoms with E-state index in [2.05, 4.69) is 27.0 Å². The predicted molar refractivity (Wildman–Crippen MR) is 96.4 cm³/mol. The van der Waals surface area contributed by atoms with Crippen LogP contribution >= 0.6 is 0 Å². The van der Waals surface area contributed by atoms with Gasteiger partial charge in [-0.05, 0) is 42.7 Å². The number of H-pyrrole nitrogens is 1. The van der Waals surface area contributed by atoms with Gasteiger partial charge in [-0.15, -0.1) is 0 Å². The minimum atomic E-state index is -0.00546. The van der Waals surface area contributed by atoms with Gasteiger partial charge >= 0.3 is 0 Å². The molecule has 0 atom stereocenters. The molecule has 4 rings (SSSR count). The van der Waals surface area contributed by atoms with E-state index in [1.165, 1.54) is 16.6 Å². The van der Waals surface area contributed by atoms with Crippen LogP contribution in [0.3, 0.4) is 0 Å². The number of piperidine rings is 1. The first-order chi connectivity index (χ1) is 11.7. The molecule has 1 aromatic carbocycles. The molecule has 0 unspecified atom stereocenters. The number of nitrogens with one attached hydrogen (secondary N) is 1. The van der Waals surface area contributed by atoms with Crippen LogP contribution in [0.4, 0.5) is 5.69 Å². The Morgan fingerprint density at radius 3 is 2.58 bits per heavy atom. The lowest BCUT2D eigenvalue weighted by atomic mass is 9.72. The molecule has 0 amide bonds. The summed E-state index contributed by atoms with van der Waals surface area (Å²) < 4.78 is 0. The van der Waals surface area contributed by atoms with Crippen molar-refractivity contribution < 1.29 is 5.11 Å². The van der Waals surface area contributed by atoms with Gasteiger partial charge in [0.25, 0.3) is 0 Å². The third-order valence-corrected chi connectivity index (χ3v) is 5.37. The summed E-state index contributed by atoms with van der Waals surface area (Å²) in [6.45, 7) is 2.55. The number of pyridine rings is 1. The quantitative estimate of drug-likeness (QED) is 0.693. The SMILES string of the molecule is NCC1(c2ccc(O)cc2)CCN(c2ccnc3[nH]ccc23)CC1. The fraction of sp³-hybridized carbons (Fsp3) is 0.316. The van der Waals surface area contributed by atoms with Crippen LogP contribution in [0, 0.1) is 0 Å². The summed E-state index contributed by atoms with van der Waals surface area (Å²) in [6, 6.07) is 11.7. The molecule has 4 N–H and O–H groups in total. The maximum Gasteiger partial charge on any atom is 0.139 e. The van der Waals surface area contributed by atoms with Crippen molar-refractivity contribution in [3.63, 3.8) is 0 Å². The number of phenolic OH excluding ortho intramolecular Hbond substituents is 1. The van der Waals surface area contributed by atoms with Gasteiger partial charge < -0.3 is 20.7 Å². The van der Waals surface area contributed by atoms with Crippen molar-refractivity contribution in [2.24, 2.45) is 5.73 Å². The molecule has 1 saturated heterocycles. The molecular weight excluding hydrogens is 300 g/mol. The Balaban J connectivity index is 1.59. The van der Waals surface area contributed by atoms with Crippen LogP contribution < -0.4 is 10.6 Å². The second-order valence-electron chi connectivity index (χ2n) is 6.59. The highest BCUT2D eigenvalue weighted by Crippen LogP contribution is 2.37. The van der Waals surface area contributed by atoms with Gasteiger partial charge in [-0.25, -0.2) is 4.98 Å². The Morgan fingerprint density at radius 2 is 1.88 bits per heavy atom. The van der Waals surface area contributed by atoms with Gasteiger partial charge in [0.2, 0.25) is 0 Å². The number of aromatic amines is 1. The maximum atomic E-state index is 9.53.